The fraction of sp³-hybridized carbons (Fsp3) is 0. The van der Waals surface area contributed by atoms with E-state index in [1.165, 1.54) is 0 Å². The van der Waals surface area contributed by atoms with Crippen molar-refractivity contribution in [3.8, 4) is 5.75 Å². The van der Waals surface area contributed by atoms with Crippen molar-refractivity contribution in [1.29, 1.82) is 0 Å². The van der Waals surface area contributed by atoms with Gasteiger partial charge in [-0.1, -0.05) is 48.5 Å². The number of rotatable bonds is 3. The van der Waals surface area contributed by atoms with Gasteiger partial charge in [0.05, 0.1) is 0 Å². The molecular weight excluding hydrogens is 360 g/mol. The fourth-order valence-electron chi connectivity index (χ4n) is 3.26. The SMILES string of the molecule is O=S(=O)(Oc1ccc2c(c1)oc1ccccc12)c1ccc2ccccc2c1. The van der Waals surface area contributed by atoms with E-state index in [-0.39, 0.29) is 10.6 Å². The highest BCUT2D eigenvalue weighted by Gasteiger charge is 2.18. The monoisotopic (exact) mass is 374 g/mol. The van der Waals surface area contributed by atoms with Crippen molar-refractivity contribution in [2.45, 2.75) is 4.90 Å². The number of hydrogen-bond donors (Lipinski definition) is 0. The minimum atomic E-state index is -3.95. The summed E-state index contributed by atoms with van der Waals surface area (Å²) in [5.41, 5.74) is 1.34. The number of benzene rings is 4. The first-order valence-electron chi connectivity index (χ1n) is 8.45. The molecular formula is C22H14O4S. The topological polar surface area (TPSA) is 56.5 Å². The first kappa shape index (κ1) is 15.9. The van der Waals surface area contributed by atoms with Crippen molar-refractivity contribution in [2.75, 3.05) is 0 Å². The molecule has 0 fully saturated rings. The first-order valence-corrected chi connectivity index (χ1v) is 9.86. The van der Waals surface area contributed by atoms with Crippen molar-refractivity contribution >= 4 is 42.8 Å². The molecule has 132 valence electrons. The predicted molar refractivity (Wildman–Crippen MR) is 105 cm³/mol. The minimum Gasteiger partial charge on any atom is -0.456 e. The maximum atomic E-state index is 12.7. The van der Waals surface area contributed by atoms with Gasteiger partial charge in [0.2, 0.25) is 0 Å². The normalized spacial score (nSPS) is 12.0. The van der Waals surface area contributed by atoms with Gasteiger partial charge in [0.1, 0.15) is 21.8 Å². The Bertz CT molecular complexity index is 1410. The molecule has 0 radical (unpaired) electrons. The smallest absolute Gasteiger partial charge is 0.339 e. The molecule has 0 saturated heterocycles. The van der Waals surface area contributed by atoms with Crippen LogP contribution in [0.3, 0.4) is 0 Å². The van der Waals surface area contributed by atoms with Gasteiger partial charge in [0, 0.05) is 16.8 Å². The van der Waals surface area contributed by atoms with E-state index in [1.54, 1.807) is 30.3 Å². The van der Waals surface area contributed by atoms with Crippen LogP contribution in [-0.2, 0) is 10.1 Å². The van der Waals surface area contributed by atoms with Crippen LogP contribution in [0.25, 0.3) is 32.7 Å². The Kier molecular flexibility index (Phi) is 3.45. The van der Waals surface area contributed by atoms with Gasteiger partial charge in [-0.2, -0.15) is 8.42 Å². The van der Waals surface area contributed by atoms with Gasteiger partial charge >= 0.3 is 10.1 Å². The van der Waals surface area contributed by atoms with E-state index in [1.807, 2.05) is 54.6 Å². The largest absolute Gasteiger partial charge is 0.456 e. The summed E-state index contributed by atoms with van der Waals surface area (Å²) < 4.78 is 36.6. The molecule has 4 aromatic carbocycles. The highest BCUT2D eigenvalue weighted by Crippen LogP contribution is 2.32. The average Bonchev–Trinajstić information content (AvgIpc) is 3.05. The highest BCUT2D eigenvalue weighted by atomic mass is 32.2. The number of fused-ring (bicyclic) bond motifs is 4. The summed E-state index contributed by atoms with van der Waals surface area (Å²) in [4.78, 5) is 0.117. The Labute approximate surface area is 155 Å². The maximum absolute atomic E-state index is 12.7. The molecule has 4 nitrogen and oxygen atoms in total. The zero-order valence-corrected chi connectivity index (χ0v) is 14.9. The molecule has 1 aromatic heterocycles. The summed E-state index contributed by atoms with van der Waals surface area (Å²) in [6.07, 6.45) is 0. The summed E-state index contributed by atoms with van der Waals surface area (Å²) in [6.45, 7) is 0. The maximum Gasteiger partial charge on any atom is 0.339 e. The van der Waals surface area contributed by atoms with E-state index in [0.717, 1.165) is 27.1 Å². The summed E-state index contributed by atoms with van der Waals surface area (Å²) >= 11 is 0. The minimum absolute atomic E-state index is 0.117. The van der Waals surface area contributed by atoms with Crippen molar-refractivity contribution in [3.05, 3.63) is 84.9 Å². The molecule has 0 amide bonds. The van der Waals surface area contributed by atoms with Gasteiger partial charge in [0.15, 0.2) is 0 Å². The van der Waals surface area contributed by atoms with Gasteiger partial charge < -0.3 is 8.60 Å². The lowest BCUT2D eigenvalue weighted by Gasteiger charge is -2.08. The molecule has 27 heavy (non-hydrogen) atoms. The van der Waals surface area contributed by atoms with Gasteiger partial charge in [-0.15, -0.1) is 0 Å². The predicted octanol–water partition coefficient (Wildman–Crippen LogP) is 5.51. The summed E-state index contributed by atoms with van der Waals surface area (Å²) in [6, 6.07) is 25.3. The van der Waals surface area contributed by atoms with Gasteiger partial charge in [-0.3, -0.25) is 0 Å². The Morgan fingerprint density at radius 3 is 2.30 bits per heavy atom. The summed E-state index contributed by atoms with van der Waals surface area (Å²) in [7, 11) is -3.95. The third-order valence-electron chi connectivity index (χ3n) is 4.57. The Morgan fingerprint density at radius 2 is 1.41 bits per heavy atom. The molecule has 0 aliphatic rings. The second kappa shape index (κ2) is 5.86. The molecule has 0 aliphatic carbocycles. The lowest BCUT2D eigenvalue weighted by Crippen LogP contribution is -2.09. The molecule has 0 spiro atoms. The van der Waals surface area contributed by atoms with E-state index in [4.69, 9.17) is 8.60 Å². The molecule has 0 unspecified atom stereocenters. The van der Waals surface area contributed by atoms with E-state index in [0.29, 0.717) is 5.58 Å². The Morgan fingerprint density at radius 1 is 0.667 bits per heavy atom. The summed E-state index contributed by atoms with van der Waals surface area (Å²) in [5.74, 6) is 0.217. The second-order valence-electron chi connectivity index (χ2n) is 6.30. The fourth-order valence-corrected chi connectivity index (χ4v) is 4.22. The average molecular weight is 374 g/mol. The zero-order valence-electron chi connectivity index (χ0n) is 14.1. The molecule has 0 aliphatic heterocycles. The molecule has 0 N–H and O–H groups in total. The number of hydrogen-bond acceptors (Lipinski definition) is 4. The number of furan rings is 1. The molecule has 0 bridgehead atoms. The zero-order chi connectivity index (χ0) is 18.4. The molecule has 1 heterocycles. The van der Waals surface area contributed by atoms with Crippen LogP contribution in [0.4, 0.5) is 0 Å². The molecule has 5 rings (SSSR count). The van der Waals surface area contributed by atoms with E-state index in [9.17, 15) is 8.42 Å². The van der Waals surface area contributed by atoms with Crippen LogP contribution in [0.1, 0.15) is 0 Å². The van der Waals surface area contributed by atoms with Crippen LogP contribution in [0.2, 0.25) is 0 Å². The lowest BCUT2D eigenvalue weighted by atomic mass is 10.1. The summed E-state index contributed by atoms with van der Waals surface area (Å²) in [5, 5.41) is 3.72. The number of para-hydroxylation sites is 1. The molecule has 0 saturated carbocycles. The van der Waals surface area contributed by atoms with Crippen molar-refractivity contribution in [1.82, 2.24) is 0 Å². The van der Waals surface area contributed by atoms with E-state index in [2.05, 4.69) is 0 Å². The van der Waals surface area contributed by atoms with Crippen LogP contribution in [0.15, 0.2) is 94.2 Å². The molecule has 5 aromatic rings. The standard InChI is InChI=1S/C22H14O4S/c23-27(24,18-11-9-15-5-1-2-6-16(15)13-18)26-17-10-12-20-19-7-3-4-8-21(19)25-22(20)14-17/h1-14H. The molecule has 0 atom stereocenters. The third-order valence-corrected chi connectivity index (χ3v) is 5.81. The second-order valence-corrected chi connectivity index (χ2v) is 7.85. The van der Waals surface area contributed by atoms with Crippen molar-refractivity contribution in [3.63, 3.8) is 0 Å². The van der Waals surface area contributed by atoms with Crippen LogP contribution >= 0.6 is 0 Å². The van der Waals surface area contributed by atoms with Crippen molar-refractivity contribution in [2.24, 2.45) is 0 Å². The van der Waals surface area contributed by atoms with Crippen LogP contribution in [0.5, 0.6) is 5.75 Å². The van der Waals surface area contributed by atoms with Gasteiger partial charge in [0.25, 0.3) is 0 Å². The first-order chi connectivity index (χ1) is 13.1. The Hall–Kier alpha value is -3.31. The van der Waals surface area contributed by atoms with Crippen LogP contribution in [0, 0.1) is 0 Å². The van der Waals surface area contributed by atoms with Gasteiger partial charge in [-0.05, 0) is 41.1 Å². The van der Waals surface area contributed by atoms with Crippen LogP contribution < -0.4 is 4.18 Å². The third kappa shape index (κ3) is 2.73. The van der Waals surface area contributed by atoms with E-state index < -0.39 is 10.1 Å². The highest BCUT2D eigenvalue weighted by molar-refractivity contribution is 7.87. The van der Waals surface area contributed by atoms with Crippen LogP contribution in [-0.4, -0.2) is 8.42 Å². The van der Waals surface area contributed by atoms with E-state index >= 15 is 0 Å². The van der Waals surface area contributed by atoms with Gasteiger partial charge in [-0.25, -0.2) is 0 Å². The molecule has 5 heteroatoms. The quantitative estimate of drug-likeness (QED) is 0.391. The lowest BCUT2D eigenvalue weighted by molar-refractivity contribution is 0.486. The Balaban J connectivity index is 1.55. The van der Waals surface area contributed by atoms with Crippen molar-refractivity contribution < 1.29 is 17.0 Å².